The van der Waals surface area contributed by atoms with Crippen molar-refractivity contribution in [3.63, 3.8) is 0 Å². The quantitative estimate of drug-likeness (QED) is 0.572. The predicted octanol–water partition coefficient (Wildman–Crippen LogP) is 3.54. The van der Waals surface area contributed by atoms with Crippen molar-refractivity contribution >= 4 is 5.91 Å². The Kier molecular flexibility index (Phi) is 7.29. The maximum atomic E-state index is 13.0. The maximum absolute atomic E-state index is 13.0. The topological polar surface area (TPSA) is 76.4 Å². The molecule has 0 aromatic heterocycles. The van der Waals surface area contributed by atoms with Crippen molar-refractivity contribution in [3.8, 4) is 0 Å². The number of nitrogens with two attached hydrogens (primary N) is 1. The van der Waals surface area contributed by atoms with Crippen LogP contribution in [0, 0.1) is 5.41 Å². The van der Waals surface area contributed by atoms with Crippen molar-refractivity contribution in [1.29, 1.82) is 0 Å². The summed E-state index contributed by atoms with van der Waals surface area (Å²) in [4.78, 5) is 13.0. The zero-order valence-electron chi connectivity index (χ0n) is 18.5. The average molecular weight is 390 g/mol. The minimum atomic E-state index is -0.884. The Morgan fingerprint density at radius 1 is 1.25 bits per heavy atom. The molecule has 1 aromatic carbocycles. The van der Waals surface area contributed by atoms with Crippen LogP contribution in [0.3, 0.4) is 0 Å². The highest BCUT2D eigenvalue weighted by atomic mass is 16.5. The monoisotopic (exact) mass is 389 g/mol. The van der Waals surface area contributed by atoms with E-state index in [-0.39, 0.29) is 29.0 Å². The first-order valence-electron chi connectivity index (χ1n) is 10.7. The molecule has 0 radical (unpaired) electrons. The number of hydrogen-bond donors (Lipinski definition) is 3. The van der Waals surface area contributed by atoms with Crippen LogP contribution in [-0.4, -0.2) is 36.2 Å². The first kappa shape index (κ1) is 22.9. The van der Waals surface area contributed by atoms with Crippen molar-refractivity contribution < 1.29 is 9.53 Å². The summed E-state index contributed by atoms with van der Waals surface area (Å²) in [7, 11) is 0. The van der Waals surface area contributed by atoms with E-state index in [9.17, 15) is 4.79 Å². The summed E-state index contributed by atoms with van der Waals surface area (Å²) in [5.41, 5.74) is 6.35. The van der Waals surface area contributed by atoms with Crippen LogP contribution in [0.25, 0.3) is 0 Å². The van der Waals surface area contributed by atoms with E-state index in [1.807, 2.05) is 26.8 Å². The Balaban J connectivity index is 2.03. The third-order valence-electron chi connectivity index (χ3n) is 7.00. The fourth-order valence-electron chi connectivity index (χ4n) is 4.27. The molecule has 0 saturated heterocycles. The minimum Gasteiger partial charge on any atom is -0.378 e. The summed E-state index contributed by atoms with van der Waals surface area (Å²) < 4.78 is 5.76. The van der Waals surface area contributed by atoms with Gasteiger partial charge in [0.05, 0.1) is 6.10 Å². The Morgan fingerprint density at radius 2 is 1.86 bits per heavy atom. The van der Waals surface area contributed by atoms with Crippen LogP contribution >= 0.6 is 0 Å². The molecule has 1 aliphatic rings. The maximum Gasteiger partial charge on any atom is 0.240 e. The zero-order chi connectivity index (χ0) is 21.0. The van der Waals surface area contributed by atoms with E-state index in [2.05, 4.69) is 55.7 Å². The Hall–Kier alpha value is -1.43. The van der Waals surface area contributed by atoms with Gasteiger partial charge < -0.3 is 21.1 Å². The molecule has 1 amide bonds. The van der Waals surface area contributed by atoms with Gasteiger partial charge in [0.25, 0.3) is 0 Å². The van der Waals surface area contributed by atoms with Crippen LogP contribution < -0.4 is 16.4 Å². The van der Waals surface area contributed by atoms with Crippen molar-refractivity contribution in [1.82, 2.24) is 10.6 Å². The third kappa shape index (κ3) is 4.27. The molecule has 0 spiro atoms. The number of hydrogen-bond acceptors (Lipinski definition) is 4. The van der Waals surface area contributed by atoms with E-state index in [0.717, 1.165) is 12.8 Å². The standard InChI is InChI=1S/C23H39N3O2/c1-7-22(8-2,26-17(4)18-13-11-10-12-14-18)16-25-20(27)23(24)15-19(28-9-3)21(23,5)6/h10-14,17,19,26H,7-9,15-16,24H2,1-6H3,(H,25,27). The van der Waals surface area contributed by atoms with E-state index in [1.165, 1.54) is 5.56 Å². The van der Waals surface area contributed by atoms with E-state index in [1.54, 1.807) is 0 Å². The molecule has 0 bridgehead atoms. The number of rotatable bonds is 10. The smallest absolute Gasteiger partial charge is 0.240 e. The number of ether oxygens (including phenoxy) is 1. The summed E-state index contributed by atoms with van der Waals surface area (Å²) in [5, 5.41) is 6.92. The van der Waals surface area contributed by atoms with Gasteiger partial charge in [0.1, 0.15) is 5.54 Å². The molecule has 1 aliphatic carbocycles. The molecule has 5 nitrogen and oxygen atoms in total. The Bertz CT molecular complexity index is 643. The van der Waals surface area contributed by atoms with E-state index in [0.29, 0.717) is 19.6 Å². The van der Waals surface area contributed by atoms with Crippen molar-refractivity contribution in [2.45, 2.75) is 84.0 Å². The number of carbonyl (C=O) groups excluding carboxylic acids is 1. The number of nitrogens with one attached hydrogen (secondary N) is 2. The normalized spacial score (nSPS) is 25.0. The lowest BCUT2D eigenvalue weighted by Crippen LogP contribution is -2.76. The van der Waals surface area contributed by atoms with Gasteiger partial charge in [0.15, 0.2) is 0 Å². The molecule has 4 N–H and O–H groups in total. The second kappa shape index (κ2) is 8.93. The van der Waals surface area contributed by atoms with Crippen LogP contribution in [0.5, 0.6) is 0 Å². The van der Waals surface area contributed by atoms with Gasteiger partial charge in [-0.25, -0.2) is 0 Å². The first-order chi connectivity index (χ1) is 13.2. The number of carbonyl (C=O) groups is 1. The largest absolute Gasteiger partial charge is 0.378 e. The molecule has 5 heteroatoms. The lowest BCUT2D eigenvalue weighted by Gasteiger charge is -2.57. The molecular weight excluding hydrogens is 350 g/mol. The van der Waals surface area contributed by atoms with Gasteiger partial charge in [0, 0.05) is 36.6 Å². The van der Waals surface area contributed by atoms with Crippen molar-refractivity contribution in [2.75, 3.05) is 13.2 Å². The fraction of sp³-hybridized carbons (Fsp3) is 0.696. The Morgan fingerprint density at radius 3 is 2.36 bits per heavy atom. The van der Waals surface area contributed by atoms with Gasteiger partial charge >= 0.3 is 0 Å². The highest BCUT2D eigenvalue weighted by Crippen LogP contribution is 2.49. The molecular formula is C23H39N3O2. The van der Waals surface area contributed by atoms with E-state index >= 15 is 0 Å². The molecule has 28 heavy (non-hydrogen) atoms. The molecule has 3 atom stereocenters. The summed E-state index contributed by atoms with van der Waals surface area (Å²) in [6, 6.07) is 10.6. The molecule has 158 valence electrons. The molecule has 1 aromatic rings. The summed E-state index contributed by atoms with van der Waals surface area (Å²) >= 11 is 0. The van der Waals surface area contributed by atoms with Gasteiger partial charge in [-0.05, 0) is 32.3 Å². The van der Waals surface area contributed by atoms with Gasteiger partial charge in [-0.2, -0.15) is 0 Å². The summed E-state index contributed by atoms with van der Waals surface area (Å²) in [6.07, 6.45) is 2.44. The van der Waals surface area contributed by atoms with Crippen molar-refractivity contribution in [2.24, 2.45) is 11.1 Å². The highest BCUT2D eigenvalue weighted by Gasteiger charge is 2.62. The third-order valence-corrected chi connectivity index (χ3v) is 7.00. The summed E-state index contributed by atoms with van der Waals surface area (Å²) in [6.45, 7) is 13.7. The molecule has 1 saturated carbocycles. The van der Waals surface area contributed by atoms with Crippen LogP contribution in [0.2, 0.25) is 0 Å². The van der Waals surface area contributed by atoms with E-state index in [4.69, 9.17) is 10.5 Å². The second-order valence-corrected chi connectivity index (χ2v) is 8.79. The lowest BCUT2D eigenvalue weighted by atomic mass is 9.54. The molecule has 3 unspecified atom stereocenters. The summed E-state index contributed by atoms with van der Waals surface area (Å²) in [5.74, 6) is -0.0751. The first-order valence-corrected chi connectivity index (χ1v) is 10.7. The lowest BCUT2D eigenvalue weighted by molar-refractivity contribution is -0.170. The fourth-order valence-corrected chi connectivity index (χ4v) is 4.27. The van der Waals surface area contributed by atoms with Crippen LogP contribution in [0.15, 0.2) is 30.3 Å². The predicted molar refractivity (Wildman–Crippen MR) is 115 cm³/mol. The average Bonchev–Trinajstić information content (AvgIpc) is 2.71. The number of benzene rings is 1. The SMILES string of the molecule is CCOC1CC(N)(C(=O)NCC(CC)(CC)NC(C)c2ccccc2)C1(C)C. The molecule has 0 heterocycles. The zero-order valence-corrected chi connectivity index (χ0v) is 18.5. The van der Waals surface area contributed by atoms with Crippen molar-refractivity contribution in [3.05, 3.63) is 35.9 Å². The molecule has 1 fully saturated rings. The van der Waals surface area contributed by atoms with Crippen LogP contribution in [0.4, 0.5) is 0 Å². The van der Waals surface area contributed by atoms with Crippen LogP contribution in [0.1, 0.15) is 72.4 Å². The molecule has 2 rings (SSSR count). The van der Waals surface area contributed by atoms with Gasteiger partial charge in [-0.15, -0.1) is 0 Å². The van der Waals surface area contributed by atoms with Crippen LogP contribution in [-0.2, 0) is 9.53 Å². The number of amides is 1. The Labute approximate surface area is 170 Å². The van der Waals surface area contributed by atoms with E-state index < -0.39 is 5.54 Å². The van der Waals surface area contributed by atoms with Gasteiger partial charge in [0.2, 0.25) is 5.91 Å². The second-order valence-electron chi connectivity index (χ2n) is 8.79. The van der Waals surface area contributed by atoms with Gasteiger partial charge in [-0.3, -0.25) is 4.79 Å². The molecule has 0 aliphatic heterocycles. The highest BCUT2D eigenvalue weighted by molar-refractivity contribution is 5.88. The van der Waals surface area contributed by atoms with Gasteiger partial charge in [-0.1, -0.05) is 58.0 Å². The minimum absolute atomic E-state index is 0.0339.